The SMILES string of the molecule is CC(C)(C)c1ccc(N(c2cc3sccc3cc2-c2ccccc2)c2ccc3c4cc5c(cc4n4c6ccccc6c2c34)c2ccc(N(c3ccc(C(C)(C)C)cc3)c3cc4sccc4cc3-c3ccccc3)c3c4ccccc4n5c23)cc1. The fraction of sp³-hybridized carbons (Fsp3) is 0.103. The molecule has 0 amide bonds. The van der Waals surface area contributed by atoms with Crippen molar-refractivity contribution in [1.29, 1.82) is 0 Å². The summed E-state index contributed by atoms with van der Waals surface area (Å²) in [7, 11) is 0. The van der Waals surface area contributed by atoms with Crippen LogP contribution in [0.2, 0.25) is 0 Å². The van der Waals surface area contributed by atoms with Gasteiger partial charge in [-0.25, -0.2) is 0 Å². The van der Waals surface area contributed by atoms with Crippen molar-refractivity contribution in [1.82, 2.24) is 8.80 Å². The number of nitrogens with zero attached hydrogens (tertiary/aromatic N) is 4. The van der Waals surface area contributed by atoms with Crippen LogP contribution in [0.4, 0.5) is 34.1 Å². The Bertz CT molecular complexity index is 5090. The second-order valence-electron chi connectivity index (χ2n) is 25.0. The van der Waals surface area contributed by atoms with E-state index in [0.29, 0.717) is 0 Å². The minimum Gasteiger partial charge on any atom is -0.309 e. The van der Waals surface area contributed by atoms with Crippen LogP contribution in [-0.2, 0) is 10.8 Å². The van der Waals surface area contributed by atoms with Crippen molar-refractivity contribution in [3.05, 3.63) is 252 Å². The molecular formula is C78H58N4S2. The Kier molecular flexibility index (Phi) is 10.5. The lowest BCUT2D eigenvalue weighted by Gasteiger charge is -2.30. The molecule has 17 rings (SSSR count). The number of thiophene rings is 2. The van der Waals surface area contributed by atoms with Gasteiger partial charge in [0.25, 0.3) is 0 Å². The Morgan fingerprint density at radius 1 is 0.321 bits per heavy atom. The van der Waals surface area contributed by atoms with Crippen LogP contribution in [0.1, 0.15) is 52.7 Å². The molecule has 0 atom stereocenters. The van der Waals surface area contributed by atoms with Gasteiger partial charge < -0.3 is 18.6 Å². The molecule has 0 spiro atoms. The van der Waals surface area contributed by atoms with Crippen molar-refractivity contribution in [2.75, 3.05) is 9.80 Å². The number of hydrogen-bond acceptors (Lipinski definition) is 4. The molecule has 17 aromatic rings. The maximum absolute atomic E-state index is 2.58. The Morgan fingerprint density at radius 2 is 0.714 bits per heavy atom. The van der Waals surface area contributed by atoms with E-state index >= 15 is 0 Å². The zero-order chi connectivity index (χ0) is 56.3. The quantitative estimate of drug-likeness (QED) is 0.151. The van der Waals surface area contributed by atoms with E-state index in [0.717, 1.165) is 34.1 Å². The monoisotopic (exact) mass is 1110 g/mol. The molecule has 0 saturated heterocycles. The van der Waals surface area contributed by atoms with Crippen LogP contribution < -0.4 is 9.80 Å². The molecule has 0 fully saturated rings. The van der Waals surface area contributed by atoms with Gasteiger partial charge in [0.1, 0.15) is 0 Å². The third-order valence-corrected chi connectivity index (χ3v) is 19.8. The first-order chi connectivity index (χ1) is 40.9. The molecule has 6 heterocycles. The maximum Gasteiger partial charge on any atom is 0.0641 e. The second kappa shape index (κ2) is 18.0. The van der Waals surface area contributed by atoms with Crippen molar-refractivity contribution in [2.45, 2.75) is 52.4 Å². The Labute approximate surface area is 495 Å². The van der Waals surface area contributed by atoms with E-state index in [1.165, 1.54) is 130 Å². The molecule has 402 valence electrons. The average molecular weight is 1120 g/mol. The first-order valence-corrected chi connectivity index (χ1v) is 31.0. The van der Waals surface area contributed by atoms with Gasteiger partial charge in [0.2, 0.25) is 0 Å². The summed E-state index contributed by atoms with van der Waals surface area (Å²) in [5, 5.41) is 16.9. The molecule has 4 nitrogen and oxygen atoms in total. The predicted molar refractivity (Wildman–Crippen MR) is 364 cm³/mol. The van der Waals surface area contributed by atoms with E-state index in [1.807, 2.05) is 0 Å². The van der Waals surface area contributed by atoms with Crippen LogP contribution in [0.5, 0.6) is 0 Å². The normalized spacial score (nSPS) is 12.6. The molecule has 11 aromatic carbocycles. The van der Waals surface area contributed by atoms with Crippen molar-refractivity contribution in [2.24, 2.45) is 0 Å². The highest BCUT2D eigenvalue weighted by atomic mass is 32.1. The number of anilines is 6. The Hall–Kier alpha value is -9.46. The summed E-state index contributed by atoms with van der Waals surface area (Å²) in [4.78, 5) is 5.10. The van der Waals surface area contributed by atoms with E-state index in [-0.39, 0.29) is 10.8 Å². The van der Waals surface area contributed by atoms with Crippen LogP contribution in [-0.4, -0.2) is 8.80 Å². The number of rotatable bonds is 8. The van der Waals surface area contributed by atoms with Crippen LogP contribution >= 0.6 is 22.7 Å². The second-order valence-corrected chi connectivity index (χ2v) is 26.9. The molecule has 6 aromatic heterocycles. The third kappa shape index (κ3) is 7.23. The topological polar surface area (TPSA) is 15.3 Å². The van der Waals surface area contributed by atoms with Crippen molar-refractivity contribution >= 4 is 153 Å². The van der Waals surface area contributed by atoms with Crippen LogP contribution in [0.15, 0.2) is 241 Å². The number of fused-ring (bicyclic) bond motifs is 14. The van der Waals surface area contributed by atoms with E-state index in [4.69, 9.17) is 0 Å². The zero-order valence-electron chi connectivity index (χ0n) is 47.7. The summed E-state index contributed by atoms with van der Waals surface area (Å²) in [5.41, 5.74) is 21.6. The number of benzene rings is 11. The standard InChI is InChI=1S/C78H58N4S2/c1-77(2,3)51-25-29-53(30-26-51)79(69-45-71-49(37-39-83-71)41-59(69)47-17-9-7-10-18-47)65-35-33-55-61-43-68-62(44-67(61)81-63-23-15-13-21-57(63)73(65)75(55)81)56-34-36-66(74-58-22-14-16-24-64(58)82(68)76(56)74)80(54-31-27-52(28-32-54)78(4,5)6)70-46-72-50(38-40-84-72)42-60(70)48-19-11-8-12-20-48/h7-46H,1-6H3. The van der Waals surface area contributed by atoms with E-state index in [1.54, 1.807) is 22.7 Å². The number of aromatic nitrogens is 2. The highest BCUT2D eigenvalue weighted by Crippen LogP contribution is 2.54. The molecule has 0 aliphatic heterocycles. The molecule has 0 saturated carbocycles. The van der Waals surface area contributed by atoms with Gasteiger partial charge in [0.15, 0.2) is 0 Å². The van der Waals surface area contributed by atoms with E-state index in [9.17, 15) is 0 Å². The first kappa shape index (κ1) is 49.2. The van der Waals surface area contributed by atoms with Crippen molar-refractivity contribution in [3.63, 3.8) is 0 Å². The molecule has 0 radical (unpaired) electrons. The van der Waals surface area contributed by atoms with E-state index < -0.39 is 0 Å². The number of para-hydroxylation sites is 2. The smallest absolute Gasteiger partial charge is 0.0641 e. The van der Waals surface area contributed by atoms with Gasteiger partial charge in [0.05, 0.1) is 55.8 Å². The molecule has 0 aliphatic carbocycles. The molecule has 0 unspecified atom stereocenters. The summed E-state index contributed by atoms with van der Waals surface area (Å²) in [6.07, 6.45) is 0. The summed E-state index contributed by atoms with van der Waals surface area (Å²) in [5.74, 6) is 0. The summed E-state index contributed by atoms with van der Waals surface area (Å²) >= 11 is 3.61. The fourth-order valence-electron chi connectivity index (χ4n) is 13.9. The molecule has 0 aliphatic rings. The van der Waals surface area contributed by atoms with Gasteiger partial charge in [-0.2, -0.15) is 0 Å². The van der Waals surface area contributed by atoms with Gasteiger partial charge in [-0.3, -0.25) is 0 Å². The van der Waals surface area contributed by atoms with Crippen LogP contribution in [0.3, 0.4) is 0 Å². The highest BCUT2D eigenvalue weighted by Gasteiger charge is 2.30. The Balaban J connectivity index is 0.937. The van der Waals surface area contributed by atoms with Crippen LogP contribution in [0.25, 0.3) is 119 Å². The zero-order valence-corrected chi connectivity index (χ0v) is 49.3. The van der Waals surface area contributed by atoms with Gasteiger partial charge in [-0.05, 0) is 152 Å². The summed E-state index contributed by atoms with van der Waals surface area (Å²) in [6, 6.07) is 87.5. The molecule has 84 heavy (non-hydrogen) atoms. The molecular weight excluding hydrogens is 1060 g/mol. The van der Waals surface area contributed by atoms with E-state index in [2.05, 4.69) is 301 Å². The lowest BCUT2D eigenvalue weighted by Crippen LogP contribution is -2.14. The third-order valence-electron chi connectivity index (χ3n) is 18.0. The lowest BCUT2D eigenvalue weighted by atomic mass is 9.87. The van der Waals surface area contributed by atoms with Gasteiger partial charge in [0, 0.05) is 75.0 Å². The minimum atomic E-state index is 0.00844. The van der Waals surface area contributed by atoms with Crippen LogP contribution in [0, 0.1) is 0 Å². The minimum absolute atomic E-state index is 0.00844. The fourth-order valence-corrected chi connectivity index (χ4v) is 15.6. The highest BCUT2D eigenvalue weighted by molar-refractivity contribution is 7.17. The Morgan fingerprint density at radius 3 is 1.12 bits per heavy atom. The molecule has 6 heteroatoms. The predicted octanol–water partition coefficient (Wildman–Crippen LogP) is 23.3. The summed E-state index contributed by atoms with van der Waals surface area (Å²) in [6.45, 7) is 13.8. The molecule has 0 N–H and O–H groups in total. The van der Waals surface area contributed by atoms with Crippen molar-refractivity contribution < 1.29 is 0 Å². The van der Waals surface area contributed by atoms with Gasteiger partial charge in [-0.15, -0.1) is 22.7 Å². The number of hydrogen-bond donors (Lipinski definition) is 0. The maximum atomic E-state index is 2.58. The summed E-state index contributed by atoms with van der Waals surface area (Å²) < 4.78 is 7.68. The van der Waals surface area contributed by atoms with Crippen molar-refractivity contribution in [3.8, 4) is 22.3 Å². The average Bonchev–Trinajstić information content (AvgIpc) is 2.36. The lowest BCUT2D eigenvalue weighted by molar-refractivity contribution is 0.590. The molecule has 0 bridgehead atoms. The van der Waals surface area contributed by atoms with Gasteiger partial charge in [-0.1, -0.05) is 175 Å². The van der Waals surface area contributed by atoms with Gasteiger partial charge >= 0.3 is 0 Å². The largest absolute Gasteiger partial charge is 0.309 e. The first-order valence-electron chi connectivity index (χ1n) is 29.2.